The summed E-state index contributed by atoms with van der Waals surface area (Å²) in [7, 11) is 0. The Morgan fingerprint density at radius 2 is 1.96 bits per heavy atom. The number of anilines is 1. The largest absolute Gasteiger partial charge is 0.360 e. The smallest absolute Gasteiger partial charge is 0.299 e. The van der Waals surface area contributed by atoms with Crippen LogP contribution in [0.25, 0.3) is 10.9 Å². The highest BCUT2D eigenvalue weighted by Gasteiger charge is 2.29. The third kappa shape index (κ3) is 2.29. The van der Waals surface area contributed by atoms with E-state index in [0.717, 1.165) is 24.1 Å². The van der Waals surface area contributed by atoms with Gasteiger partial charge in [0.1, 0.15) is 5.82 Å². The SMILES string of the molecule is O=C(C(=O)N1CCCc2ccccc21)c1c[nH]c2ccc(F)cc12. The van der Waals surface area contributed by atoms with E-state index in [1.807, 2.05) is 24.3 Å². The number of halogens is 1. The molecular formula is C19H15FN2O2. The summed E-state index contributed by atoms with van der Waals surface area (Å²) in [5.74, 6) is -1.64. The number of carbonyl (C=O) groups excluding carboxylic acids is 2. The van der Waals surface area contributed by atoms with E-state index in [9.17, 15) is 14.0 Å². The van der Waals surface area contributed by atoms with Crippen molar-refractivity contribution in [3.05, 3.63) is 65.6 Å². The molecule has 5 heteroatoms. The number of H-pyrrole nitrogens is 1. The number of carbonyl (C=O) groups is 2. The summed E-state index contributed by atoms with van der Waals surface area (Å²) in [5, 5.41) is 0.429. The van der Waals surface area contributed by atoms with E-state index >= 15 is 0 Å². The zero-order valence-corrected chi connectivity index (χ0v) is 12.9. The number of aromatic nitrogens is 1. The topological polar surface area (TPSA) is 53.2 Å². The first-order valence-corrected chi connectivity index (χ1v) is 7.86. The molecule has 0 aliphatic carbocycles. The number of para-hydroxylation sites is 1. The number of hydrogen-bond donors (Lipinski definition) is 1. The summed E-state index contributed by atoms with van der Waals surface area (Å²) in [5.41, 5.74) is 2.69. The van der Waals surface area contributed by atoms with E-state index in [2.05, 4.69) is 4.98 Å². The maximum Gasteiger partial charge on any atom is 0.299 e. The second-order valence-electron chi connectivity index (χ2n) is 5.91. The van der Waals surface area contributed by atoms with Gasteiger partial charge in [0.05, 0.1) is 5.56 Å². The number of aromatic amines is 1. The minimum Gasteiger partial charge on any atom is -0.360 e. The molecule has 2 aromatic carbocycles. The van der Waals surface area contributed by atoms with Gasteiger partial charge in [-0.15, -0.1) is 0 Å². The fourth-order valence-corrected chi connectivity index (χ4v) is 3.26. The number of nitrogens with one attached hydrogen (secondary N) is 1. The molecule has 0 radical (unpaired) electrons. The Hall–Kier alpha value is -2.95. The molecule has 0 spiro atoms. The summed E-state index contributed by atoms with van der Waals surface area (Å²) in [6, 6.07) is 11.8. The molecule has 0 atom stereocenters. The first-order valence-electron chi connectivity index (χ1n) is 7.86. The van der Waals surface area contributed by atoms with Gasteiger partial charge in [-0.3, -0.25) is 9.59 Å². The Labute approximate surface area is 137 Å². The molecule has 0 bridgehead atoms. The highest BCUT2D eigenvalue weighted by Crippen LogP contribution is 2.28. The van der Waals surface area contributed by atoms with Crippen molar-refractivity contribution in [2.24, 2.45) is 0 Å². The molecule has 0 saturated carbocycles. The van der Waals surface area contributed by atoms with Gasteiger partial charge >= 0.3 is 0 Å². The fourth-order valence-electron chi connectivity index (χ4n) is 3.26. The van der Waals surface area contributed by atoms with Crippen molar-refractivity contribution in [3.63, 3.8) is 0 Å². The molecular weight excluding hydrogens is 307 g/mol. The van der Waals surface area contributed by atoms with Crippen molar-refractivity contribution in [3.8, 4) is 0 Å². The van der Waals surface area contributed by atoms with Crippen molar-refractivity contribution in [2.45, 2.75) is 12.8 Å². The fraction of sp³-hybridized carbons (Fsp3) is 0.158. The molecule has 1 aliphatic rings. The third-order valence-corrected chi connectivity index (χ3v) is 4.44. The molecule has 1 amide bonds. The van der Waals surface area contributed by atoms with Crippen LogP contribution in [0.5, 0.6) is 0 Å². The lowest BCUT2D eigenvalue weighted by molar-refractivity contribution is -0.114. The number of fused-ring (bicyclic) bond motifs is 2. The highest BCUT2D eigenvalue weighted by atomic mass is 19.1. The van der Waals surface area contributed by atoms with Gasteiger partial charge < -0.3 is 9.88 Å². The van der Waals surface area contributed by atoms with Gasteiger partial charge in [-0.25, -0.2) is 4.39 Å². The Morgan fingerprint density at radius 3 is 2.83 bits per heavy atom. The maximum absolute atomic E-state index is 13.5. The first-order chi connectivity index (χ1) is 11.6. The van der Waals surface area contributed by atoms with Crippen LogP contribution in [0.2, 0.25) is 0 Å². The lowest BCUT2D eigenvalue weighted by atomic mass is 10.0. The molecule has 24 heavy (non-hydrogen) atoms. The van der Waals surface area contributed by atoms with Crippen molar-refractivity contribution < 1.29 is 14.0 Å². The molecule has 1 aliphatic heterocycles. The Bertz CT molecular complexity index is 961. The lowest BCUT2D eigenvalue weighted by Crippen LogP contribution is -2.40. The van der Waals surface area contributed by atoms with Crippen LogP contribution in [0, 0.1) is 5.82 Å². The molecule has 2 heterocycles. The van der Waals surface area contributed by atoms with E-state index in [4.69, 9.17) is 0 Å². The monoisotopic (exact) mass is 322 g/mol. The molecule has 0 saturated heterocycles. The van der Waals surface area contributed by atoms with Gasteiger partial charge in [-0.2, -0.15) is 0 Å². The van der Waals surface area contributed by atoms with Crippen molar-refractivity contribution in [2.75, 3.05) is 11.4 Å². The number of rotatable bonds is 2. The van der Waals surface area contributed by atoms with Gasteiger partial charge in [0.2, 0.25) is 0 Å². The summed E-state index contributed by atoms with van der Waals surface area (Å²) in [6.07, 6.45) is 3.19. The predicted molar refractivity (Wildman–Crippen MR) is 89.7 cm³/mol. The summed E-state index contributed by atoms with van der Waals surface area (Å²) in [4.78, 5) is 29.9. The quantitative estimate of drug-likeness (QED) is 0.580. The average Bonchev–Trinajstić information content (AvgIpc) is 3.03. The van der Waals surface area contributed by atoms with Crippen molar-refractivity contribution >= 4 is 28.3 Å². The summed E-state index contributed by atoms with van der Waals surface area (Å²) in [6.45, 7) is 0.512. The Kier molecular flexibility index (Phi) is 3.41. The van der Waals surface area contributed by atoms with Crippen LogP contribution in [0.3, 0.4) is 0 Å². The number of Topliss-reactive ketones (excluding diaryl/α,β-unsaturated/α-hetero) is 1. The van der Waals surface area contributed by atoms with Crippen molar-refractivity contribution in [1.82, 2.24) is 4.98 Å². The van der Waals surface area contributed by atoms with E-state index in [-0.39, 0.29) is 5.56 Å². The van der Waals surface area contributed by atoms with Crippen LogP contribution in [-0.4, -0.2) is 23.2 Å². The summed E-state index contributed by atoms with van der Waals surface area (Å²) >= 11 is 0. The number of ketones is 1. The second-order valence-corrected chi connectivity index (χ2v) is 5.91. The van der Waals surface area contributed by atoms with E-state index in [1.165, 1.54) is 23.2 Å². The van der Waals surface area contributed by atoms with Crippen LogP contribution in [0.15, 0.2) is 48.7 Å². The lowest BCUT2D eigenvalue weighted by Gasteiger charge is -2.28. The minimum atomic E-state index is -0.622. The third-order valence-electron chi connectivity index (χ3n) is 4.44. The molecule has 0 unspecified atom stereocenters. The number of nitrogens with zero attached hydrogens (tertiary/aromatic N) is 1. The molecule has 0 fully saturated rings. The van der Waals surface area contributed by atoms with Crippen LogP contribution in [0.4, 0.5) is 10.1 Å². The number of benzene rings is 2. The van der Waals surface area contributed by atoms with Gasteiger partial charge in [-0.05, 0) is 42.7 Å². The standard InChI is InChI=1S/C19H15FN2O2/c20-13-7-8-16-14(10-13)15(11-21-16)18(23)19(24)22-9-3-5-12-4-1-2-6-17(12)22/h1-2,4,6-8,10-11,21H,3,5,9H2. The van der Waals surface area contributed by atoms with Crippen LogP contribution in [0.1, 0.15) is 22.3 Å². The van der Waals surface area contributed by atoms with E-state index < -0.39 is 17.5 Å². The average molecular weight is 322 g/mol. The Morgan fingerprint density at radius 1 is 1.12 bits per heavy atom. The zero-order chi connectivity index (χ0) is 16.7. The maximum atomic E-state index is 13.5. The molecule has 120 valence electrons. The molecule has 1 aromatic heterocycles. The number of hydrogen-bond acceptors (Lipinski definition) is 2. The second kappa shape index (κ2) is 5.60. The molecule has 4 nitrogen and oxygen atoms in total. The highest BCUT2D eigenvalue weighted by molar-refractivity contribution is 6.49. The number of amides is 1. The number of aryl methyl sites for hydroxylation is 1. The van der Waals surface area contributed by atoms with Gasteiger partial charge in [0.15, 0.2) is 0 Å². The normalized spacial score (nSPS) is 13.8. The minimum absolute atomic E-state index is 0.206. The Balaban J connectivity index is 1.72. The van der Waals surface area contributed by atoms with Crippen LogP contribution in [-0.2, 0) is 11.2 Å². The zero-order valence-electron chi connectivity index (χ0n) is 12.9. The predicted octanol–water partition coefficient (Wildman–Crippen LogP) is 3.47. The molecule has 1 N–H and O–H groups in total. The summed E-state index contributed by atoms with van der Waals surface area (Å²) < 4.78 is 13.5. The van der Waals surface area contributed by atoms with Crippen LogP contribution < -0.4 is 4.90 Å². The van der Waals surface area contributed by atoms with E-state index in [1.54, 1.807) is 6.07 Å². The van der Waals surface area contributed by atoms with Gasteiger partial charge in [-0.1, -0.05) is 18.2 Å². The van der Waals surface area contributed by atoms with Gasteiger partial charge in [0, 0.05) is 29.3 Å². The van der Waals surface area contributed by atoms with Crippen molar-refractivity contribution in [1.29, 1.82) is 0 Å². The molecule has 3 aromatic rings. The first kappa shape index (κ1) is 14.6. The van der Waals surface area contributed by atoms with Crippen LogP contribution >= 0.6 is 0 Å². The van der Waals surface area contributed by atoms with Gasteiger partial charge in [0.25, 0.3) is 11.7 Å². The van der Waals surface area contributed by atoms with E-state index in [0.29, 0.717) is 17.4 Å². The molecule has 4 rings (SSSR count).